The molecule has 0 heterocycles. The standard InChI is InChI=1S/C22H22N2O2/c1-23(2)21-15-11-19(12-16-21)9-7-5-3-4-6-8-10-20-13-17-22(18-14-20)24(25)26/h3-18H,1-2H3/b5-3+,6-4+,9-7+,10-8+. The Bertz CT molecular complexity index is 827. The Morgan fingerprint density at radius 1 is 0.731 bits per heavy atom. The van der Waals surface area contributed by atoms with Gasteiger partial charge in [0.25, 0.3) is 5.69 Å². The van der Waals surface area contributed by atoms with Gasteiger partial charge in [-0.15, -0.1) is 0 Å². The number of allylic oxidation sites excluding steroid dienone is 6. The van der Waals surface area contributed by atoms with E-state index in [9.17, 15) is 10.1 Å². The molecule has 0 bridgehead atoms. The van der Waals surface area contributed by atoms with E-state index in [2.05, 4.69) is 35.2 Å². The highest BCUT2D eigenvalue weighted by molar-refractivity contribution is 5.56. The summed E-state index contributed by atoms with van der Waals surface area (Å²) in [6.07, 6.45) is 15.6. The van der Waals surface area contributed by atoms with Crippen molar-refractivity contribution in [3.8, 4) is 0 Å². The topological polar surface area (TPSA) is 46.4 Å². The fourth-order valence-electron chi connectivity index (χ4n) is 2.18. The minimum Gasteiger partial charge on any atom is -0.378 e. The molecule has 0 aliphatic heterocycles. The van der Waals surface area contributed by atoms with Crippen LogP contribution in [0.15, 0.2) is 85.0 Å². The number of nitro groups is 1. The molecule has 0 amide bonds. The SMILES string of the molecule is CN(C)c1ccc(/C=C/C=C/C=C/C=C/c2ccc([N+](=O)[O-])cc2)cc1. The molecule has 2 rings (SSSR count). The molecule has 4 nitrogen and oxygen atoms in total. The summed E-state index contributed by atoms with van der Waals surface area (Å²) in [6.45, 7) is 0. The Labute approximate surface area is 154 Å². The summed E-state index contributed by atoms with van der Waals surface area (Å²) >= 11 is 0. The zero-order valence-electron chi connectivity index (χ0n) is 14.9. The van der Waals surface area contributed by atoms with Gasteiger partial charge in [0.1, 0.15) is 0 Å². The molecule has 0 saturated heterocycles. The molecule has 0 fully saturated rings. The summed E-state index contributed by atoms with van der Waals surface area (Å²) in [7, 11) is 4.05. The van der Waals surface area contributed by atoms with Crippen molar-refractivity contribution in [3.63, 3.8) is 0 Å². The first-order valence-electron chi connectivity index (χ1n) is 8.26. The lowest BCUT2D eigenvalue weighted by atomic mass is 10.2. The van der Waals surface area contributed by atoms with Gasteiger partial charge >= 0.3 is 0 Å². The van der Waals surface area contributed by atoms with Crippen LogP contribution in [0.2, 0.25) is 0 Å². The lowest BCUT2D eigenvalue weighted by Gasteiger charge is -2.11. The van der Waals surface area contributed by atoms with Crippen molar-refractivity contribution in [1.29, 1.82) is 0 Å². The fraction of sp³-hybridized carbons (Fsp3) is 0.0909. The number of nitro benzene ring substituents is 1. The number of hydrogen-bond donors (Lipinski definition) is 0. The third-order valence-electron chi connectivity index (χ3n) is 3.65. The van der Waals surface area contributed by atoms with Gasteiger partial charge in [0.15, 0.2) is 0 Å². The first-order valence-corrected chi connectivity index (χ1v) is 8.26. The minimum atomic E-state index is -0.400. The van der Waals surface area contributed by atoms with Gasteiger partial charge in [0.05, 0.1) is 4.92 Å². The maximum Gasteiger partial charge on any atom is 0.269 e. The number of non-ortho nitro benzene ring substituents is 1. The van der Waals surface area contributed by atoms with Crippen molar-refractivity contribution in [2.45, 2.75) is 0 Å². The van der Waals surface area contributed by atoms with E-state index in [1.807, 2.05) is 56.6 Å². The molecule has 0 atom stereocenters. The Balaban J connectivity index is 1.81. The molecule has 2 aromatic carbocycles. The first kappa shape index (κ1) is 18.9. The Kier molecular flexibility index (Phi) is 7.13. The third-order valence-corrected chi connectivity index (χ3v) is 3.65. The van der Waals surface area contributed by atoms with Gasteiger partial charge in [-0.3, -0.25) is 10.1 Å². The second kappa shape index (κ2) is 9.79. The lowest BCUT2D eigenvalue weighted by molar-refractivity contribution is -0.384. The van der Waals surface area contributed by atoms with Crippen molar-refractivity contribution in [2.24, 2.45) is 0 Å². The number of nitrogens with zero attached hydrogens (tertiary/aromatic N) is 2. The van der Waals surface area contributed by atoms with Gasteiger partial charge in [-0.25, -0.2) is 0 Å². The second-order valence-corrected chi connectivity index (χ2v) is 5.82. The molecule has 26 heavy (non-hydrogen) atoms. The van der Waals surface area contributed by atoms with Crippen molar-refractivity contribution < 1.29 is 4.92 Å². The van der Waals surface area contributed by atoms with Crippen molar-refractivity contribution >= 4 is 23.5 Å². The summed E-state index contributed by atoms with van der Waals surface area (Å²) < 4.78 is 0. The van der Waals surface area contributed by atoms with Crippen LogP contribution in [0.1, 0.15) is 11.1 Å². The summed E-state index contributed by atoms with van der Waals surface area (Å²) in [6, 6.07) is 14.8. The van der Waals surface area contributed by atoms with E-state index in [-0.39, 0.29) is 5.69 Å². The Morgan fingerprint density at radius 3 is 1.58 bits per heavy atom. The molecule has 0 spiro atoms. The quantitative estimate of drug-likeness (QED) is 0.378. The van der Waals surface area contributed by atoms with Crippen molar-refractivity contribution in [3.05, 3.63) is 106 Å². The monoisotopic (exact) mass is 346 g/mol. The first-order chi connectivity index (χ1) is 12.6. The number of rotatable bonds is 7. The zero-order valence-corrected chi connectivity index (χ0v) is 14.9. The average molecular weight is 346 g/mol. The van der Waals surface area contributed by atoms with Gasteiger partial charge in [-0.2, -0.15) is 0 Å². The normalized spacial score (nSPS) is 11.9. The van der Waals surface area contributed by atoms with E-state index in [0.717, 1.165) is 11.1 Å². The number of hydrogen-bond acceptors (Lipinski definition) is 3. The summed E-state index contributed by atoms with van der Waals surface area (Å²) in [5, 5.41) is 10.6. The maximum absolute atomic E-state index is 10.6. The molecule has 0 N–H and O–H groups in total. The molecular formula is C22H22N2O2. The largest absolute Gasteiger partial charge is 0.378 e. The minimum absolute atomic E-state index is 0.101. The van der Waals surface area contributed by atoms with Crippen LogP contribution in [0.25, 0.3) is 12.2 Å². The molecule has 0 aliphatic carbocycles. The molecule has 132 valence electrons. The van der Waals surface area contributed by atoms with Gasteiger partial charge < -0.3 is 4.90 Å². The van der Waals surface area contributed by atoms with Crippen LogP contribution in [0.5, 0.6) is 0 Å². The average Bonchev–Trinajstić information content (AvgIpc) is 2.64. The summed E-state index contributed by atoms with van der Waals surface area (Å²) in [5.41, 5.74) is 3.36. The predicted octanol–water partition coefficient (Wildman–Crippen LogP) is 5.50. The summed E-state index contributed by atoms with van der Waals surface area (Å²) in [4.78, 5) is 12.3. The molecule has 0 saturated carbocycles. The highest BCUT2D eigenvalue weighted by Crippen LogP contribution is 2.14. The molecule has 0 radical (unpaired) electrons. The van der Waals surface area contributed by atoms with E-state index >= 15 is 0 Å². The highest BCUT2D eigenvalue weighted by Gasteiger charge is 2.01. The molecular weight excluding hydrogens is 324 g/mol. The maximum atomic E-state index is 10.6. The van der Waals surface area contributed by atoms with Crippen LogP contribution in [-0.2, 0) is 0 Å². The van der Waals surface area contributed by atoms with Crippen LogP contribution in [0.4, 0.5) is 11.4 Å². The Morgan fingerprint density at radius 2 is 1.15 bits per heavy atom. The smallest absolute Gasteiger partial charge is 0.269 e. The second-order valence-electron chi connectivity index (χ2n) is 5.82. The van der Waals surface area contributed by atoms with Crippen molar-refractivity contribution in [1.82, 2.24) is 0 Å². The van der Waals surface area contributed by atoms with E-state index < -0.39 is 4.92 Å². The van der Waals surface area contributed by atoms with Crippen LogP contribution in [0, 0.1) is 10.1 Å². The number of benzene rings is 2. The molecule has 2 aromatic rings. The summed E-state index contributed by atoms with van der Waals surface area (Å²) in [5.74, 6) is 0. The van der Waals surface area contributed by atoms with E-state index in [4.69, 9.17) is 0 Å². The molecule has 4 heteroatoms. The molecule has 0 aromatic heterocycles. The van der Waals surface area contributed by atoms with Crippen LogP contribution < -0.4 is 4.90 Å². The van der Waals surface area contributed by atoms with Crippen LogP contribution >= 0.6 is 0 Å². The number of anilines is 1. The zero-order chi connectivity index (χ0) is 18.8. The van der Waals surface area contributed by atoms with Crippen molar-refractivity contribution in [2.75, 3.05) is 19.0 Å². The van der Waals surface area contributed by atoms with Gasteiger partial charge in [-0.05, 0) is 35.4 Å². The fourth-order valence-corrected chi connectivity index (χ4v) is 2.18. The highest BCUT2D eigenvalue weighted by atomic mass is 16.6. The van der Waals surface area contributed by atoms with Gasteiger partial charge in [0, 0.05) is 31.9 Å². The third kappa shape index (κ3) is 6.24. The van der Waals surface area contributed by atoms with Gasteiger partial charge in [0.2, 0.25) is 0 Å². The van der Waals surface area contributed by atoms with Crippen LogP contribution in [-0.4, -0.2) is 19.0 Å². The van der Waals surface area contributed by atoms with E-state index in [1.165, 1.54) is 17.8 Å². The lowest BCUT2D eigenvalue weighted by Crippen LogP contribution is -2.07. The molecule has 0 unspecified atom stereocenters. The molecule has 0 aliphatic rings. The van der Waals surface area contributed by atoms with E-state index in [0.29, 0.717) is 0 Å². The van der Waals surface area contributed by atoms with Gasteiger partial charge in [-0.1, -0.05) is 60.7 Å². The predicted molar refractivity (Wildman–Crippen MR) is 110 cm³/mol. The Hall–Kier alpha value is -3.40. The van der Waals surface area contributed by atoms with E-state index in [1.54, 1.807) is 12.1 Å². The van der Waals surface area contributed by atoms with Crippen LogP contribution in [0.3, 0.4) is 0 Å².